The minimum atomic E-state index is -4.56. The lowest BCUT2D eigenvalue weighted by molar-refractivity contribution is -0.137. The van der Waals surface area contributed by atoms with Crippen LogP contribution in [0.2, 0.25) is 0 Å². The molecule has 13 heteroatoms. The Morgan fingerprint density at radius 3 is 2.46 bits per heavy atom. The molecule has 0 saturated carbocycles. The maximum absolute atomic E-state index is 13.3. The van der Waals surface area contributed by atoms with Crippen molar-refractivity contribution in [3.05, 3.63) is 76.5 Å². The van der Waals surface area contributed by atoms with Gasteiger partial charge in [-0.05, 0) is 36.4 Å². The number of benzene rings is 2. The Bertz CT molecular complexity index is 1770. The zero-order valence-corrected chi connectivity index (χ0v) is 20.3. The summed E-state index contributed by atoms with van der Waals surface area (Å²) in [6.45, 7) is 2.21. The van der Waals surface area contributed by atoms with Crippen molar-refractivity contribution in [1.29, 1.82) is 0 Å². The van der Waals surface area contributed by atoms with Crippen LogP contribution in [-0.2, 0) is 6.18 Å². The maximum atomic E-state index is 13.3. The summed E-state index contributed by atoms with van der Waals surface area (Å²) in [7, 11) is 0. The van der Waals surface area contributed by atoms with Gasteiger partial charge in [0.2, 0.25) is 0 Å². The Kier molecular flexibility index (Phi) is 5.70. The van der Waals surface area contributed by atoms with Gasteiger partial charge in [-0.2, -0.15) is 13.2 Å². The second-order valence-electron chi connectivity index (χ2n) is 9.16. The van der Waals surface area contributed by atoms with Gasteiger partial charge in [-0.15, -0.1) is 0 Å². The van der Waals surface area contributed by atoms with Crippen LogP contribution in [0.4, 0.5) is 24.7 Å². The summed E-state index contributed by atoms with van der Waals surface area (Å²) in [5, 5.41) is 0.499. The molecule has 10 nitrogen and oxygen atoms in total. The fourth-order valence-corrected chi connectivity index (χ4v) is 4.74. The number of amides is 1. The number of H-pyrrole nitrogens is 2. The molecule has 3 aromatic heterocycles. The van der Waals surface area contributed by atoms with Gasteiger partial charge in [0, 0.05) is 55.0 Å². The first kappa shape index (κ1) is 24.4. The Morgan fingerprint density at radius 1 is 0.974 bits per heavy atom. The van der Waals surface area contributed by atoms with Crippen molar-refractivity contribution >= 4 is 39.3 Å². The summed E-state index contributed by atoms with van der Waals surface area (Å²) in [6, 6.07) is 7.89. The maximum Gasteiger partial charge on any atom is 0.416 e. The Hall–Kier alpha value is -4.94. The lowest BCUT2D eigenvalue weighted by Crippen LogP contribution is -2.49. The summed E-state index contributed by atoms with van der Waals surface area (Å²) < 4.78 is 39.6. The van der Waals surface area contributed by atoms with Crippen molar-refractivity contribution in [3.8, 4) is 11.4 Å². The smallest absolute Gasteiger partial charge is 0.396 e. The Balaban J connectivity index is 1.29. The van der Waals surface area contributed by atoms with Gasteiger partial charge in [0.25, 0.3) is 11.5 Å². The van der Waals surface area contributed by atoms with Gasteiger partial charge in [-0.25, -0.2) is 9.97 Å². The van der Waals surface area contributed by atoms with Crippen LogP contribution in [0.15, 0.2) is 59.8 Å². The van der Waals surface area contributed by atoms with Crippen LogP contribution in [0, 0.1) is 0 Å². The molecular weight excluding hydrogens is 513 g/mol. The highest BCUT2D eigenvalue weighted by atomic mass is 19.4. The number of nitrogens with zero attached hydrogens (tertiary/aromatic N) is 5. The van der Waals surface area contributed by atoms with Crippen LogP contribution in [0.25, 0.3) is 33.3 Å². The summed E-state index contributed by atoms with van der Waals surface area (Å²) in [5.41, 5.74) is 6.15. The third-order valence-corrected chi connectivity index (χ3v) is 6.78. The third-order valence-electron chi connectivity index (χ3n) is 6.78. The predicted molar refractivity (Wildman–Crippen MR) is 139 cm³/mol. The third kappa shape index (κ3) is 4.41. The molecule has 4 N–H and O–H groups in total. The molecule has 1 fully saturated rings. The first-order valence-electron chi connectivity index (χ1n) is 12.0. The van der Waals surface area contributed by atoms with Gasteiger partial charge >= 0.3 is 6.18 Å². The number of hydrogen-bond donors (Lipinski definition) is 3. The number of anilines is 2. The van der Waals surface area contributed by atoms with E-state index < -0.39 is 17.3 Å². The molecule has 6 rings (SSSR count). The quantitative estimate of drug-likeness (QED) is 0.323. The second kappa shape index (κ2) is 9.11. The Morgan fingerprint density at radius 2 is 1.74 bits per heavy atom. The normalized spacial score (nSPS) is 14.3. The minimum Gasteiger partial charge on any atom is -0.396 e. The number of carbonyl (C=O) groups is 1. The van der Waals surface area contributed by atoms with Gasteiger partial charge in [-0.1, -0.05) is 0 Å². The minimum absolute atomic E-state index is 0.0334. The molecule has 0 unspecified atom stereocenters. The lowest BCUT2D eigenvalue weighted by Gasteiger charge is -2.35. The molecule has 0 bridgehead atoms. The monoisotopic (exact) mass is 534 g/mol. The molecule has 1 aliphatic rings. The van der Waals surface area contributed by atoms with Crippen LogP contribution in [-0.4, -0.2) is 61.9 Å². The lowest BCUT2D eigenvalue weighted by atomic mass is 10.1. The number of piperazine rings is 1. The summed E-state index contributed by atoms with van der Waals surface area (Å²) >= 11 is 0. The van der Waals surface area contributed by atoms with Gasteiger partial charge in [0.1, 0.15) is 5.82 Å². The zero-order chi connectivity index (χ0) is 27.3. The molecule has 39 heavy (non-hydrogen) atoms. The Labute approximate surface area is 218 Å². The highest BCUT2D eigenvalue weighted by Gasteiger charge is 2.31. The fourth-order valence-electron chi connectivity index (χ4n) is 4.74. The van der Waals surface area contributed by atoms with E-state index in [1.807, 2.05) is 0 Å². The molecule has 0 spiro atoms. The molecule has 198 valence electrons. The first-order chi connectivity index (χ1) is 18.7. The molecule has 5 aromatic rings. The molecular formula is C26H21F3N8O2. The van der Waals surface area contributed by atoms with Crippen LogP contribution < -0.4 is 16.2 Å². The first-order valence-corrected chi connectivity index (χ1v) is 12.0. The van der Waals surface area contributed by atoms with E-state index in [1.165, 1.54) is 0 Å². The van der Waals surface area contributed by atoms with Gasteiger partial charge in [0.05, 0.1) is 34.2 Å². The number of fused-ring (bicyclic) bond motifs is 2. The molecule has 1 amide bonds. The predicted octanol–water partition coefficient (Wildman–Crippen LogP) is 3.42. The molecule has 0 atom stereocenters. The number of aromatic amines is 2. The molecule has 1 saturated heterocycles. The average molecular weight is 535 g/mol. The highest BCUT2D eigenvalue weighted by molar-refractivity contribution is 6.04. The van der Waals surface area contributed by atoms with Crippen molar-refractivity contribution in [2.24, 2.45) is 0 Å². The molecule has 1 aliphatic heterocycles. The molecule has 0 aliphatic carbocycles. The summed E-state index contributed by atoms with van der Waals surface area (Å²) in [5.74, 6) is 0.588. The van der Waals surface area contributed by atoms with Gasteiger partial charge < -0.3 is 25.5 Å². The number of nitrogens with two attached hydrogens (primary N) is 1. The van der Waals surface area contributed by atoms with Gasteiger partial charge in [0.15, 0.2) is 5.69 Å². The number of aromatic nitrogens is 5. The van der Waals surface area contributed by atoms with E-state index in [2.05, 4.69) is 29.8 Å². The van der Waals surface area contributed by atoms with E-state index in [0.29, 0.717) is 42.6 Å². The molecule has 0 radical (unpaired) electrons. The molecule has 4 heterocycles. The number of alkyl halides is 3. The van der Waals surface area contributed by atoms with E-state index in [9.17, 15) is 22.8 Å². The summed E-state index contributed by atoms with van der Waals surface area (Å²) in [6.07, 6.45) is 0.353. The number of halogens is 3. The van der Waals surface area contributed by atoms with Crippen LogP contribution in [0.5, 0.6) is 0 Å². The topological polar surface area (TPSA) is 137 Å². The van der Waals surface area contributed by atoms with Crippen LogP contribution >= 0.6 is 0 Å². The standard InChI is InChI=1S/C26H21F3N8O2/c27-26(28,29)15-2-4-18-19(12-15)34-23(24(38)35-18)22-21(30)16-11-14(1-3-17(16)33-22)25(39)37-9-7-36(8-10-37)20-13-31-5-6-32-20/h1-6,11-13,33H,7-10,30H2,(H,35,38). The number of carbonyl (C=O) groups excluding carboxylic acids is 1. The van der Waals surface area contributed by atoms with E-state index in [4.69, 9.17) is 5.73 Å². The van der Waals surface area contributed by atoms with Crippen molar-refractivity contribution in [2.45, 2.75) is 6.18 Å². The number of rotatable bonds is 3. The molecule has 2 aromatic carbocycles. The zero-order valence-electron chi connectivity index (χ0n) is 20.3. The van der Waals surface area contributed by atoms with E-state index in [0.717, 1.165) is 24.0 Å². The van der Waals surface area contributed by atoms with Crippen molar-refractivity contribution in [2.75, 3.05) is 36.8 Å². The van der Waals surface area contributed by atoms with Crippen LogP contribution in [0.3, 0.4) is 0 Å². The van der Waals surface area contributed by atoms with Gasteiger partial charge in [-0.3, -0.25) is 14.6 Å². The average Bonchev–Trinajstić information content (AvgIpc) is 3.27. The number of hydrogen-bond acceptors (Lipinski definition) is 7. The second-order valence-corrected chi connectivity index (χ2v) is 9.16. The van der Waals surface area contributed by atoms with Crippen molar-refractivity contribution in [1.82, 2.24) is 29.8 Å². The van der Waals surface area contributed by atoms with E-state index >= 15 is 0 Å². The fraction of sp³-hybridized carbons (Fsp3) is 0.192. The van der Waals surface area contributed by atoms with E-state index in [-0.39, 0.29) is 34.0 Å². The van der Waals surface area contributed by atoms with Crippen LogP contribution in [0.1, 0.15) is 15.9 Å². The largest absolute Gasteiger partial charge is 0.416 e. The van der Waals surface area contributed by atoms with Crippen molar-refractivity contribution in [3.63, 3.8) is 0 Å². The number of nitrogen functional groups attached to an aromatic ring is 1. The van der Waals surface area contributed by atoms with E-state index in [1.54, 1.807) is 41.7 Å². The van der Waals surface area contributed by atoms with Crippen molar-refractivity contribution < 1.29 is 18.0 Å². The highest BCUT2D eigenvalue weighted by Crippen LogP contribution is 2.33. The number of nitrogens with one attached hydrogen (secondary N) is 2. The summed E-state index contributed by atoms with van der Waals surface area (Å²) in [4.78, 5) is 48.0. The SMILES string of the molecule is Nc1c(-c2nc3cc(C(F)(F)F)ccc3[nH]c2=O)[nH]c2ccc(C(=O)N3CCN(c4cnccn4)CC3)cc12.